The van der Waals surface area contributed by atoms with Crippen molar-refractivity contribution >= 4 is 22.2 Å². The summed E-state index contributed by atoms with van der Waals surface area (Å²) in [6, 6.07) is 11.5. The van der Waals surface area contributed by atoms with Gasteiger partial charge in [-0.1, -0.05) is 30.3 Å². The predicted molar refractivity (Wildman–Crippen MR) is 71.1 cm³/mol. The smallest absolute Gasteiger partial charge is 0.252 e. The van der Waals surface area contributed by atoms with E-state index in [4.69, 9.17) is 5.73 Å². The molecule has 0 bridgehead atoms. The van der Waals surface area contributed by atoms with Crippen LogP contribution in [0.3, 0.4) is 0 Å². The fourth-order valence-electron chi connectivity index (χ4n) is 1.60. The van der Waals surface area contributed by atoms with Crippen molar-refractivity contribution in [1.29, 1.82) is 0 Å². The number of carbonyl (C=O) groups excluding carboxylic acids is 1. The fourth-order valence-corrected chi connectivity index (χ4v) is 2.40. The highest BCUT2D eigenvalue weighted by atomic mass is 32.1. The van der Waals surface area contributed by atoms with Gasteiger partial charge in [-0.15, -0.1) is 11.3 Å². The molecule has 0 spiro atoms. The molecular weight excluding hydrogens is 232 g/mol. The molecule has 1 amide bonds. The average Bonchev–Trinajstić information content (AvgIpc) is 2.67. The van der Waals surface area contributed by atoms with Crippen LogP contribution in [0.25, 0.3) is 0 Å². The second-order valence-corrected chi connectivity index (χ2v) is 5.07. The Bertz CT molecular complexity index is 519. The van der Waals surface area contributed by atoms with Crippen molar-refractivity contribution in [2.24, 2.45) is 0 Å². The van der Waals surface area contributed by atoms with E-state index >= 15 is 0 Å². The molecule has 2 aromatic rings. The van der Waals surface area contributed by atoms with E-state index in [-0.39, 0.29) is 5.91 Å². The van der Waals surface area contributed by atoms with Gasteiger partial charge in [-0.25, -0.2) is 0 Å². The maximum absolute atomic E-state index is 11.9. The third-order valence-corrected chi connectivity index (χ3v) is 3.36. The molecule has 3 N–H and O–H groups in total. The third kappa shape index (κ3) is 2.85. The first-order chi connectivity index (χ1) is 8.16. The van der Waals surface area contributed by atoms with E-state index in [0.717, 1.165) is 10.4 Å². The Hall–Kier alpha value is -1.81. The molecule has 0 fully saturated rings. The van der Waals surface area contributed by atoms with Crippen LogP contribution in [0.1, 0.15) is 20.8 Å². The van der Waals surface area contributed by atoms with Gasteiger partial charge in [0.15, 0.2) is 0 Å². The first-order valence-corrected chi connectivity index (χ1v) is 6.16. The minimum absolute atomic E-state index is 0.0701. The molecule has 2 rings (SSSR count). The van der Waals surface area contributed by atoms with Crippen LogP contribution in [-0.4, -0.2) is 5.91 Å². The molecule has 0 radical (unpaired) electrons. The lowest BCUT2D eigenvalue weighted by Crippen LogP contribution is -2.22. The van der Waals surface area contributed by atoms with E-state index in [1.54, 1.807) is 6.07 Å². The molecule has 0 atom stereocenters. The van der Waals surface area contributed by atoms with Gasteiger partial charge in [-0.2, -0.15) is 0 Å². The molecule has 0 aliphatic rings. The van der Waals surface area contributed by atoms with Crippen molar-refractivity contribution in [2.45, 2.75) is 13.5 Å². The van der Waals surface area contributed by atoms with Gasteiger partial charge < -0.3 is 11.1 Å². The number of nitrogens with one attached hydrogen (secondary N) is 1. The lowest BCUT2D eigenvalue weighted by atomic mass is 10.2. The second-order valence-electron chi connectivity index (χ2n) is 3.79. The Kier molecular flexibility index (Phi) is 3.44. The Morgan fingerprint density at radius 1 is 1.35 bits per heavy atom. The van der Waals surface area contributed by atoms with Crippen LogP contribution in [0.15, 0.2) is 36.4 Å². The fraction of sp³-hybridized carbons (Fsp3) is 0.154. The van der Waals surface area contributed by atoms with Gasteiger partial charge in [-0.05, 0) is 18.6 Å². The number of benzene rings is 1. The molecule has 0 saturated heterocycles. The van der Waals surface area contributed by atoms with Gasteiger partial charge in [0, 0.05) is 11.4 Å². The van der Waals surface area contributed by atoms with Crippen LogP contribution in [0, 0.1) is 6.92 Å². The van der Waals surface area contributed by atoms with E-state index in [1.165, 1.54) is 11.3 Å². The molecule has 3 nitrogen and oxygen atoms in total. The largest absolute Gasteiger partial charge is 0.391 e. The molecule has 88 valence electrons. The summed E-state index contributed by atoms with van der Waals surface area (Å²) < 4.78 is 0. The quantitative estimate of drug-likeness (QED) is 0.874. The van der Waals surface area contributed by atoms with Gasteiger partial charge in [0.25, 0.3) is 5.91 Å². The summed E-state index contributed by atoms with van der Waals surface area (Å²) in [5.74, 6) is -0.0701. The lowest BCUT2D eigenvalue weighted by Gasteiger charge is -2.04. The van der Waals surface area contributed by atoms with E-state index in [0.29, 0.717) is 17.1 Å². The molecule has 17 heavy (non-hydrogen) atoms. The average molecular weight is 246 g/mol. The van der Waals surface area contributed by atoms with Crippen molar-refractivity contribution in [3.05, 3.63) is 52.4 Å². The number of hydrogen-bond donors (Lipinski definition) is 2. The lowest BCUT2D eigenvalue weighted by molar-refractivity contribution is 0.0951. The molecular formula is C13H14N2OS. The number of nitrogen functional groups attached to an aromatic ring is 1. The van der Waals surface area contributed by atoms with Gasteiger partial charge in [0.05, 0.1) is 10.6 Å². The summed E-state index contributed by atoms with van der Waals surface area (Å²) in [6.07, 6.45) is 0. The van der Waals surface area contributed by atoms with Gasteiger partial charge in [0.2, 0.25) is 0 Å². The van der Waals surface area contributed by atoms with Crippen LogP contribution in [0.2, 0.25) is 0 Å². The molecule has 4 heteroatoms. The highest BCUT2D eigenvalue weighted by Crippen LogP contribution is 2.23. The molecule has 0 aliphatic carbocycles. The SMILES string of the molecule is Cc1sc(N)cc1C(=O)NCc1ccccc1. The van der Waals surface area contributed by atoms with Crippen molar-refractivity contribution in [3.8, 4) is 0 Å². The van der Waals surface area contributed by atoms with Gasteiger partial charge in [-0.3, -0.25) is 4.79 Å². The topological polar surface area (TPSA) is 55.1 Å². The maximum Gasteiger partial charge on any atom is 0.252 e. The maximum atomic E-state index is 11.9. The van der Waals surface area contributed by atoms with Crippen molar-refractivity contribution in [2.75, 3.05) is 5.73 Å². The third-order valence-electron chi connectivity index (χ3n) is 2.48. The first-order valence-electron chi connectivity index (χ1n) is 5.35. The first kappa shape index (κ1) is 11.7. The van der Waals surface area contributed by atoms with E-state index < -0.39 is 0 Å². The summed E-state index contributed by atoms with van der Waals surface area (Å²) in [5, 5.41) is 3.56. The Morgan fingerprint density at radius 2 is 2.06 bits per heavy atom. The number of thiophene rings is 1. The van der Waals surface area contributed by atoms with Crippen LogP contribution in [0.5, 0.6) is 0 Å². The molecule has 0 aliphatic heterocycles. The van der Waals surface area contributed by atoms with Crippen LogP contribution in [-0.2, 0) is 6.54 Å². The molecule has 1 aromatic carbocycles. The Morgan fingerprint density at radius 3 is 2.65 bits per heavy atom. The zero-order valence-corrected chi connectivity index (χ0v) is 10.4. The van der Waals surface area contributed by atoms with Gasteiger partial charge in [0.1, 0.15) is 0 Å². The van der Waals surface area contributed by atoms with E-state index in [1.807, 2.05) is 37.3 Å². The van der Waals surface area contributed by atoms with E-state index in [2.05, 4.69) is 5.32 Å². The predicted octanol–water partition coefficient (Wildman–Crippen LogP) is 2.57. The molecule has 0 unspecified atom stereocenters. The number of anilines is 1. The molecule has 1 heterocycles. The number of rotatable bonds is 3. The second kappa shape index (κ2) is 5.01. The number of aryl methyl sites for hydroxylation is 1. The van der Waals surface area contributed by atoms with E-state index in [9.17, 15) is 4.79 Å². The van der Waals surface area contributed by atoms with Crippen molar-refractivity contribution in [3.63, 3.8) is 0 Å². The van der Waals surface area contributed by atoms with Crippen molar-refractivity contribution < 1.29 is 4.79 Å². The minimum Gasteiger partial charge on any atom is -0.391 e. The summed E-state index contributed by atoms with van der Waals surface area (Å²) in [6.45, 7) is 2.44. The summed E-state index contributed by atoms with van der Waals surface area (Å²) in [7, 11) is 0. The number of amides is 1. The molecule has 0 saturated carbocycles. The zero-order chi connectivity index (χ0) is 12.3. The van der Waals surface area contributed by atoms with Crippen molar-refractivity contribution in [1.82, 2.24) is 5.32 Å². The monoisotopic (exact) mass is 246 g/mol. The minimum atomic E-state index is -0.0701. The van der Waals surface area contributed by atoms with Crippen LogP contribution >= 0.6 is 11.3 Å². The Labute approximate surface area is 104 Å². The number of nitrogens with two attached hydrogens (primary N) is 1. The summed E-state index contributed by atoms with van der Waals surface area (Å²) in [4.78, 5) is 12.8. The molecule has 1 aromatic heterocycles. The Balaban J connectivity index is 2.01. The van der Waals surface area contributed by atoms with Crippen LogP contribution < -0.4 is 11.1 Å². The summed E-state index contributed by atoms with van der Waals surface area (Å²) in [5.41, 5.74) is 7.42. The standard InChI is InChI=1S/C13H14N2OS/c1-9-11(7-12(14)17-9)13(16)15-8-10-5-3-2-4-6-10/h2-7H,8,14H2,1H3,(H,15,16). The normalized spacial score (nSPS) is 10.2. The number of hydrogen-bond acceptors (Lipinski definition) is 3. The summed E-state index contributed by atoms with van der Waals surface area (Å²) >= 11 is 1.44. The van der Waals surface area contributed by atoms with Crippen LogP contribution in [0.4, 0.5) is 5.00 Å². The van der Waals surface area contributed by atoms with Gasteiger partial charge >= 0.3 is 0 Å². The highest BCUT2D eigenvalue weighted by molar-refractivity contribution is 7.16. The number of carbonyl (C=O) groups is 1. The zero-order valence-electron chi connectivity index (χ0n) is 9.57. The highest BCUT2D eigenvalue weighted by Gasteiger charge is 2.11.